The van der Waals surface area contributed by atoms with Gasteiger partial charge in [0, 0.05) is 10.6 Å². The second-order valence-electron chi connectivity index (χ2n) is 10.6. The highest BCUT2D eigenvalue weighted by atomic mass is 79.9. The fourth-order valence-electron chi connectivity index (χ4n) is 5.82. The van der Waals surface area contributed by atoms with E-state index in [2.05, 4.69) is 28.1 Å². The molecule has 7 rings (SSSR count). The number of hydrogen-bond acceptors (Lipinski definition) is 5. The Morgan fingerprint density at radius 1 is 1.07 bits per heavy atom. The summed E-state index contributed by atoms with van der Waals surface area (Å²) in [6.45, 7) is 0.335. The smallest absolute Gasteiger partial charge is 0.271 e. The van der Waals surface area contributed by atoms with Gasteiger partial charge in [-0.1, -0.05) is 71.5 Å². The molecule has 0 N–H and O–H groups in total. The van der Waals surface area contributed by atoms with Crippen molar-refractivity contribution in [3.8, 4) is 11.5 Å². The molecule has 220 valence electrons. The van der Waals surface area contributed by atoms with Gasteiger partial charge in [-0.2, -0.15) is 0 Å². The van der Waals surface area contributed by atoms with E-state index in [4.69, 9.17) is 26.1 Å². The average Bonchev–Trinajstić information content (AvgIpc) is 3.34. The third-order valence-corrected chi connectivity index (χ3v) is 9.73. The van der Waals surface area contributed by atoms with Gasteiger partial charge in [0.15, 0.2) is 16.3 Å². The minimum Gasteiger partial charge on any atom is -0.493 e. The molecule has 0 radical (unpaired) electrons. The van der Waals surface area contributed by atoms with Crippen LogP contribution in [0.15, 0.2) is 105 Å². The van der Waals surface area contributed by atoms with Crippen LogP contribution in [0.1, 0.15) is 40.3 Å². The predicted molar refractivity (Wildman–Crippen MR) is 176 cm³/mol. The highest BCUT2D eigenvalue weighted by Crippen LogP contribution is 2.41. The van der Waals surface area contributed by atoms with Crippen molar-refractivity contribution in [3.63, 3.8) is 0 Å². The second kappa shape index (κ2) is 11.8. The molecular formula is C35H25BrClFN2O3S. The number of halogens is 3. The molecule has 2 heterocycles. The number of allylic oxidation sites excluding steroid dienone is 1. The van der Waals surface area contributed by atoms with Crippen molar-refractivity contribution in [3.05, 3.63) is 153 Å². The monoisotopic (exact) mass is 686 g/mol. The largest absolute Gasteiger partial charge is 0.493 e. The maximum absolute atomic E-state index is 14.1. The van der Waals surface area contributed by atoms with Gasteiger partial charge in [-0.15, -0.1) is 0 Å². The predicted octanol–water partition coefficient (Wildman–Crippen LogP) is 7.46. The molecule has 4 aromatic carbocycles. The molecule has 0 spiro atoms. The van der Waals surface area contributed by atoms with E-state index in [1.165, 1.54) is 29.0 Å². The number of rotatable bonds is 6. The first-order valence-corrected chi connectivity index (χ1v) is 16.0. The number of hydrogen-bond donors (Lipinski definition) is 0. The van der Waals surface area contributed by atoms with Crippen LogP contribution in [0.5, 0.6) is 11.5 Å². The zero-order chi connectivity index (χ0) is 30.4. The fraction of sp³-hybridized carbons (Fsp3) is 0.143. The lowest BCUT2D eigenvalue weighted by molar-refractivity contribution is 0.282. The molecule has 1 atom stereocenters. The zero-order valence-corrected chi connectivity index (χ0v) is 26.7. The van der Waals surface area contributed by atoms with Crippen LogP contribution >= 0.6 is 38.9 Å². The number of aryl methyl sites for hydroxylation is 1. The van der Waals surface area contributed by atoms with Gasteiger partial charge in [-0.05, 0) is 99.1 Å². The maximum Gasteiger partial charge on any atom is 0.271 e. The molecule has 0 fully saturated rings. The van der Waals surface area contributed by atoms with E-state index in [9.17, 15) is 9.18 Å². The summed E-state index contributed by atoms with van der Waals surface area (Å²) < 4.78 is 28.7. The molecule has 5 aromatic rings. The van der Waals surface area contributed by atoms with E-state index in [0.29, 0.717) is 36.9 Å². The molecule has 5 nitrogen and oxygen atoms in total. The first-order valence-electron chi connectivity index (χ1n) is 14.0. The highest BCUT2D eigenvalue weighted by Gasteiger charge is 2.32. The van der Waals surface area contributed by atoms with Crippen molar-refractivity contribution in [2.75, 3.05) is 7.11 Å². The lowest BCUT2D eigenvalue weighted by Crippen LogP contribution is -2.38. The van der Waals surface area contributed by atoms with Gasteiger partial charge >= 0.3 is 0 Å². The summed E-state index contributed by atoms with van der Waals surface area (Å²) in [7, 11) is 1.58. The Kier molecular flexibility index (Phi) is 7.74. The van der Waals surface area contributed by atoms with E-state index >= 15 is 0 Å². The van der Waals surface area contributed by atoms with Crippen LogP contribution in [0.3, 0.4) is 0 Å². The molecule has 0 saturated carbocycles. The van der Waals surface area contributed by atoms with Crippen molar-refractivity contribution in [2.45, 2.75) is 25.5 Å². The molecule has 0 unspecified atom stereocenters. The third-order valence-electron chi connectivity index (χ3n) is 7.90. The number of methoxy groups -OCH3 is 1. The van der Waals surface area contributed by atoms with Gasteiger partial charge < -0.3 is 9.47 Å². The van der Waals surface area contributed by atoms with Crippen LogP contribution in [0.25, 0.3) is 11.8 Å². The highest BCUT2D eigenvalue weighted by molar-refractivity contribution is 9.10. The van der Waals surface area contributed by atoms with Crippen molar-refractivity contribution < 1.29 is 13.9 Å². The van der Waals surface area contributed by atoms with E-state index in [1.54, 1.807) is 23.8 Å². The molecule has 1 aliphatic heterocycles. The average molecular weight is 688 g/mol. The molecular weight excluding hydrogens is 663 g/mol. The van der Waals surface area contributed by atoms with Crippen LogP contribution in [0.4, 0.5) is 4.39 Å². The standard InChI is InChI=1S/C35H25BrClFN2O3S/c1-42-29-17-21(16-28(36)33(29)43-19-20-6-11-24(37)12-7-20)18-30-34(41)40-32(23-8-13-25(38)14-9-23)27-15-10-22-4-2-3-5-26(22)31(27)39-35(40)44-30/h2-9,11-14,16-18,32H,10,15,19H2,1H3/b30-18+/t32-/m0/s1. The van der Waals surface area contributed by atoms with E-state index in [-0.39, 0.29) is 17.4 Å². The third kappa shape index (κ3) is 5.31. The lowest BCUT2D eigenvalue weighted by Gasteiger charge is -2.30. The summed E-state index contributed by atoms with van der Waals surface area (Å²) in [6, 6.07) is 25.5. The van der Waals surface area contributed by atoms with Crippen LogP contribution in [-0.4, -0.2) is 11.7 Å². The van der Waals surface area contributed by atoms with Crippen molar-refractivity contribution >= 4 is 50.6 Å². The molecule has 44 heavy (non-hydrogen) atoms. The van der Waals surface area contributed by atoms with Crippen LogP contribution in [0.2, 0.25) is 5.02 Å². The van der Waals surface area contributed by atoms with Gasteiger partial charge in [0.05, 0.1) is 27.9 Å². The molecule has 0 bridgehead atoms. The van der Waals surface area contributed by atoms with Crippen LogP contribution < -0.4 is 24.4 Å². The number of nitrogens with zero attached hydrogens (tertiary/aromatic N) is 2. The van der Waals surface area contributed by atoms with E-state index in [0.717, 1.165) is 46.4 Å². The van der Waals surface area contributed by atoms with E-state index in [1.807, 2.05) is 54.6 Å². The summed E-state index contributed by atoms with van der Waals surface area (Å²) in [5.41, 5.74) is 6.74. The molecule has 0 saturated heterocycles. The van der Waals surface area contributed by atoms with Crippen molar-refractivity contribution in [1.82, 2.24) is 4.57 Å². The summed E-state index contributed by atoms with van der Waals surface area (Å²) >= 11 is 11.0. The number of ether oxygens (including phenoxy) is 2. The number of thiazole rings is 1. The maximum atomic E-state index is 14.1. The fourth-order valence-corrected chi connectivity index (χ4v) is 7.52. The summed E-state index contributed by atoms with van der Waals surface area (Å²) in [5.74, 6) is 0.775. The van der Waals surface area contributed by atoms with Crippen molar-refractivity contribution in [2.24, 2.45) is 4.99 Å². The molecule has 1 aliphatic carbocycles. The Morgan fingerprint density at radius 2 is 1.84 bits per heavy atom. The Bertz CT molecular complexity index is 2120. The van der Waals surface area contributed by atoms with Gasteiger partial charge in [0.2, 0.25) is 0 Å². The Morgan fingerprint density at radius 3 is 2.61 bits per heavy atom. The number of benzene rings is 4. The minimum atomic E-state index is -0.373. The molecule has 0 amide bonds. The summed E-state index contributed by atoms with van der Waals surface area (Å²) in [6.07, 6.45) is 3.47. The first-order chi connectivity index (χ1) is 21.4. The Balaban J connectivity index is 1.32. The van der Waals surface area contributed by atoms with Gasteiger partial charge in [0.1, 0.15) is 12.4 Å². The van der Waals surface area contributed by atoms with E-state index < -0.39 is 0 Å². The Labute approximate surface area is 270 Å². The molecule has 1 aromatic heterocycles. The molecule has 9 heteroatoms. The van der Waals surface area contributed by atoms with Gasteiger partial charge in [0.25, 0.3) is 5.56 Å². The molecule has 2 aliphatic rings. The quantitative estimate of drug-likeness (QED) is 0.186. The summed E-state index contributed by atoms with van der Waals surface area (Å²) in [4.78, 5) is 19.8. The number of aromatic nitrogens is 1. The van der Waals surface area contributed by atoms with Gasteiger partial charge in [-0.25, -0.2) is 9.38 Å². The Hall–Kier alpha value is -3.98. The summed E-state index contributed by atoms with van der Waals surface area (Å²) in [5, 5.41) is 0.663. The zero-order valence-electron chi connectivity index (χ0n) is 23.5. The normalized spacial score (nSPS) is 15.7. The van der Waals surface area contributed by atoms with Crippen LogP contribution in [-0.2, 0) is 13.0 Å². The second-order valence-corrected chi connectivity index (χ2v) is 12.9. The van der Waals surface area contributed by atoms with Crippen LogP contribution in [0, 0.1) is 5.82 Å². The number of fused-ring (bicyclic) bond motifs is 3. The first kappa shape index (κ1) is 28.8. The lowest BCUT2D eigenvalue weighted by atomic mass is 9.83. The SMILES string of the molecule is COc1cc(/C=c2/sc3n(c2=O)[C@@H](c2ccc(F)cc2)C2=C(N=3)c3ccccc3CC2)cc(Br)c1OCc1ccc(Cl)cc1. The topological polar surface area (TPSA) is 52.8 Å². The minimum absolute atomic E-state index is 0.147. The van der Waals surface area contributed by atoms with Crippen molar-refractivity contribution in [1.29, 1.82) is 0 Å². The van der Waals surface area contributed by atoms with Gasteiger partial charge in [-0.3, -0.25) is 9.36 Å².